The van der Waals surface area contributed by atoms with Crippen LogP contribution in [0.5, 0.6) is 11.6 Å². The number of hydrogen-bond donors (Lipinski definition) is 0. The Morgan fingerprint density at radius 2 is 1.80 bits per heavy atom. The smallest absolute Gasteiger partial charge is 0.222 e. The summed E-state index contributed by atoms with van der Waals surface area (Å²) < 4.78 is 13.8. The normalized spacial score (nSPS) is 14.5. The quantitative estimate of drug-likeness (QED) is 0.170. The zero-order valence-electron chi connectivity index (χ0n) is 24.5. The van der Waals surface area contributed by atoms with Gasteiger partial charge in [-0.15, -0.1) is 0 Å². The third-order valence-electron chi connectivity index (χ3n) is 7.33. The van der Waals surface area contributed by atoms with Crippen LogP contribution in [-0.2, 0) is 22.8 Å². The Balaban J connectivity index is 1.17. The standard InChI is InChI=1S/C31H40N6O3Si/c1-5-31(38)36-14-12-35(13-15-36)22-24-18-25-6-8-27(19-28(25)32-20-24)40-30-9-7-26(21-33-30)29-10-11-34-37(29)23-39-16-17-41(2,3)4/h6-11,18-21H,5,12-17,22-23H2,1-4H3. The van der Waals surface area contributed by atoms with Gasteiger partial charge in [-0.1, -0.05) is 26.6 Å². The van der Waals surface area contributed by atoms with Crippen LogP contribution in [0.3, 0.4) is 0 Å². The number of aromatic nitrogens is 4. The predicted octanol–water partition coefficient (Wildman–Crippen LogP) is 5.65. The Morgan fingerprint density at radius 1 is 0.976 bits per heavy atom. The number of fused-ring (bicyclic) bond motifs is 1. The van der Waals surface area contributed by atoms with E-state index in [9.17, 15) is 4.79 Å². The minimum absolute atomic E-state index is 0.238. The van der Waals surface area contributed by atoms with Crippen LogP contribution in [0.25, 0.3) is 22.2 Å². The minimum atomic E-state index is -1.12. The Hall–Kier alpha value is -3.60. The van der Waals surface area contributed by atoms with E-state index in [1.807, 2.05) is 59.1 Å². The zero-order chi connectivity index (χ0) is 28.8. The second kappa shape index (κ2) is 12.9. The topological polar surface area (TPSA) is 85.6 Å². The van der Waals surface area contributed by atoms with Crippen LogP contribution < -0.4 is 4.74 Å². The van der Waals surface area contributed by atoms with E-state index < -0.39 is 8.07 Å². The van der Waals surface area contributed by atoms with E-state index in [0.717, 1.165) is 67.5 Å². The molecule has 1 aliphatic heterocycles. The van der Waals surface area contributed by atoms with E-state index in [4.69, 9.17) is 14.5 Å². The first-order valence-corrected chi connectivity index (χ1v) is 18.1. The summed E-state index contributed by atoms with van der Waals surface area (Å²) in [5.74, 6) is 1.45. The maximum atomic E-state index is 11.9. The van der Waals surface area contributed by atoms with Crippen molar-refractivity contribution in [2.45, 2.75) is 52.3 Å². The second-order valence-electron chi connectivity index (χ2n) is 11.8. The molecule has 4 heterocycles. The molecule has 9 nitrogen and oxygen atoms in total. The van der Waals surface area contributed by atoms with E-state index in [2.05, 4.69) is 40.7 Å². The molecule has 5 rings (SSSR count). The number of pyridine rings is 2. The van der Waals surface area contributed by atoms with Crippen molar-refractivity contribution in [3.05, 3.63) is 66.6 Å². The molecule has 216 valence electrons. The van der Waals surface area contributed by atoms with Gasteiger partial charge in [-0.2, -0.15) is 5.10 Å². The van der Waals surface area contributed by atoms with Crippen molar-refractivity contribution in [3.8, 4) is 22.9 Å². The van der Waals surface area contributed by atoms with Crippen molar-refractivity contribution < 1.29 is 14.3 Å². The molecule has 41 heavy (non-hydrogen) atoms. The molecular formula is C31H40N6O3Si. The summed E-state index contributed by atoms with van der Waals surface area (Å²) in [6.07, 6.45) is 6.09. The van der Waals surface area contributed by atoms with Gasteiger partial charge in [0.15, 0.2) is 0 Å². The average Bonchev–Trinajstić information content (AvgIpc) is 3.44. The zero-order valence-corrected chi connectivity index (χ0v) is 25.5. The second-order valence-corrected chi connectivity index (χ2v) is 17.4. The molecule has 1 saturated heterocycles. The van der Waals surface area contributed by atoms with Gasteiger partial charge in [0.05, 0.1) is 11.2 Å². The van der Waals surface area contributed by atoms with Crippen molar-refractivity contribution in [2.75, 3.05) is 32.8 Å². The van der Waals surface area contributed by atoms with Crippen LogP contribution in [0.1, 0.15) is 18.9 Å². The summed E-state index contributed by atoms with van der Waals surface area (Å²) in [7, 11) is -1.12. The molecule has 4 aromatic rings. The predicted molar refractivity (Wildman–Crippen MR) is 164 cm³/mol. The summed E-state index contributed by atoms with van der Waals surface area (Å²) in [6, 6.07) is 15.1. The summed E-state index contributed by atoms with van der Waals surface area (Å²) in [5, 5.41) is 5.48. The number of ether oxygens (including phenoxy) is 2. The molecule has 0 bridgehead atoms. The lowest BCUT2D eigenvalue weighted by Crippen LogP contribution is -2.48. The number of benzene rings is 1. The molecule has 0 spiro atoms. The fourth-order valence-electron chi connectivity index (χ4n) is 4.86. The molecule has 0 unspecified atom stereocenters. The molecule has 0 radical (unpaired) electrons. The lowest BCUT2D eigenvalue weighted by Gasteiger charge is -2.34. The highest BCUT2D eigenvalue weighted by Crippen LogP contribution is 2.26. The third-order valence-corrected chi connectivity index (χ3v) is 9.03. The number of piperazine rings is 1. The highest BCUT2D eigenvalue weighted by Gasteiger charge is 2.20. The Labute approximate surface area is 243 Å². The summed E-state index contributed by atoms with van der Waals surface area (Å²) in [4.78, 5) is 25.5. The van der Waals surface area contributed by atoms with Crippen LogP contribution in [0.4, 0.5) is 0 Å². The van der Waals surface area contributed by atoms with Crippen LogP contribution >= 0.6 is 0 Å². The molecule has 3 aromatic heterocycles. The monoisotopic (exact) mass is 572 g/mol. The SMILES string of the molecule is CCC(=O)N1CCN(Cc2cnc3cc(Oc4ccc(-c5ccnn5COCC[Si](C)(C)C)cn4)ccc3c2)CC1. The maximum absolute atomic E-state index is 11.9. The van der Waals surface area contributed by atoms with Crippen molar-refractivity contribution in [2.24, 2.45) is 0 Å². The number of amides is 1. The van der Waals surface area contributed by atoms with Gasteiger partial charge in [0.2, 0.25) is 11.8 Å². The molecule has 0 aliphatic carbocycles. The molecule has 10 heteroatoms. The molecule has 1 amide bonds. The van der Waals surface area contributed by atoms with Gasteiger partial charge in [0.25, 0.3) is 0 Å². The minimum Gasteiger partial charge on any atom is -0.439 e. The first-order valence-electron chi connectivity index (χ1n) is 14.4. The van der Waals surface area contributed by atoms with Gasteiger partial charge < -0.3 is 14.4 Å². The first-order chi connectivity index (χ1) is 19.8. The average molecular weight is 573 g/mol. The number of hydrogen-bond acceptors (Lipinski definition) is 7. The van der Waals surface area contributed by atoms with Crippen LogP contribution in [0, 0.1) is 0 Å². The van der Waals surface area contributed by atoms with Gasteiger partial charge in [-0.05, 0) is 41.9 Å². The van der Waals surface area contributed by atoms with E-state index in [1.165, 1.54) is 5.56 Å². The van der Waals surface area contributed by atoms with Crippen molar-refractivity contribution in [3.63, 3.8) is 0 Å². The molecule has 1 aromatic carbocycles. The molecule has 0 atom stereocenters. The Kier molecular flexibility index (Phi) is 9.11. The highest BCUT2D eigenvalue weighted by molar-refractivity contribution is 6.76. The number of rotatable bonds is 11. The van der Waals surface area contributed by atoms with Gasteiger partial charge >= 0.3 is 0 Å². The lowest BCUT2D eigenvalue weighted by molar-refractivity contribution is -0.132. The van der Waals surface area contributed by atoms with E-state index in [-0.39, 0.29) is 5.91 Å². The summed E-state index contributed by atoms with van der Waals surface area (Å²) >= 11 is 0. The largest absolute Gasteiger partial charge is 0.439 e. The van der Waals surface area contributed by atoms with Gasteiger partial charge in [-0.25, -0.2) is 9.67 Å². The molecule has 1 fully saturated rings. The fourth-order valence-corrected chi connectivity index (χ4v) is 5.61. The third kappa shape index (κ3) is 7.78. The van der Waals surface area contributed by atoms with Crippen LogP contribution in [-0.4, -0.2) is 76.3 Å². The number of carbonyl (C=O) groups is 1. The van der Waals surface area contributed by atoms with E-state index >= 15 is 0 Å². The molecule has 0 N–H and O–H groups in total. The molecule has 1 aliphatic rings. The molecule has 0 saturated carbocycles. The first kappa shape index (κ1) is 28.9. The lowest BCUT2D eigenvalue weighted by atomic mass is 10.1. The van der Waals surface area contributed by atoms with Crippen molar-refractivity contribution in [1.29, 1.82) is 0 Å². The highest BCUT2D eigenvalue weighted by atomic mass is 28.3. The van der Waals surface area contributed by atoms with E-state index in [0.29, 0.717) is 24.8 Å². The number of nitrogens with zero attached hydrogens (tertiary/aromatic N) is 6. The van der Waals surface area contributed by atoms with Gasteiger partial charge in [0.1, 0.15) is 12.5 Å². The Bertz CT molecular complexity index is 1460. The Morgan fingerprint density at radius 3 is 2.54 bits per heavy atom. The van der Waals surface area contributed by atoms with Crippen LogP contribution in [0.2, 0.25) is 25.7 Å². The summed E-state index contributed by atoms with van der Waals surface area (Å²) in [5.41, 5.74) is 3.95. The van der Waals surface area contributed by atoms with E-state index in [1.54, 1.807) is 12.4 Å². The number of carbonyl (C=O) groups excluding carboxylic acids is 1. The fraction of sp³-hybridized carbons (Fsp3) is 0.419. The van der Waals surface area contributed by atoms with Crippen molar-refractivity contribution in [1.82, 2.24) is 29.5 Å². The van der Waals surface area contributed by atoms with Crippen molar-refractivity contribution >= 4 is 24.9 Å². The van der Waals surface area contributed by atoms with Gasteiger partial charge in [0, 0.05) is 95.5 Å². The van der Waals surface area contributed by atoms with Crippen LogP contribution in [0.15, 0.2) is 61.1 Å². The van der Waals surface area contributed by atoms with Gasteiger partial charge in [-0.3, -0.25) is 14.7 Å². The maximum Gasteiger partial charge on any atom is 0.222 e. The molecular weight excluding hydrogens is 532 g/mol. The summed E-state index contributed by atoms with van der Waals surface area (Å²) in [6.45, 7) is 14.3.